The number of carbonyl (C=O) groups excluding carboxylic acids is 1. The fourth-order valence-electron chi connectivity index (χ4n) is 1.87. The Bertz CT molecular complexity index is 496. The Labute approximate surface area is 117 Å². The lowest BCUT2D eigenvalue weighted by Crippen LogP contribution is -2.24. The molecule has 0 aromatic carbocycles. The van der Waals surface area contributed by atoms with Gasteiger partial charge in [0.15, 0.2) is 0 Å². The minimum atomic E-state index is -0.423. The number of nitro groups is 1. The van der Waals surface area contributed by atoms with E-state index < -0.39 is 4.92 Å². The molecule has 112 valence electrons. The molecule has 0 fully saturated rings. The molecule has 0 aliphatic heterocycles. The first-order valence-corrected chi connectivity index (χ1v) is 6.52. The van der Waals surface area contributed by atoms with Crippen LogP contribution in [0.25, 0.3) is 0 Å². The summed E-state index contributed by atoms with van der Waals surface area (Å²) in [4.78, 5) is 23.7. The molecular weight excluding hydrogens is 262 g/mol. The molecule has 0 spiro atoms. The van der Waals surface area contributed by atoms with E-state index in [2.05, 4.69) is 10.4 Å². The molecule has 0 atom stereocenters. The summed E-state index contributed by atoms with van der Waals surface area (Å²) >= 11 is 0. The molecular formula is C12H21N5O3. The zero-order chi connectivity index (χ0) is 15.3. The van der Waals surface area contributed by atoms with Gasteiger partial charge in [-0.2, -0.15) is 5.10 Å². The van der Waals surface area contributed by atoms with Crippen molar-refractivity contribution in [1.82, 2.24) is 14.7 Å². The van der Waals surface area contributed by atoms with Gasteiger partial charge in [0, 0.05) is 34.1 Å². The standard InChI is InChI=1S/C12H21N5O3/c1-5-6-9-11(17(19)20)12(16(4)14-9)13-8-7-10(18)15(2)3/h13H,5-8H2,1-4H3. The van der Waals surface area contributed by atoms with Gasteiger partial charge < -0.3 is 10.2 Å². The number of anilines is 1. The smallest absolute Gasteiger partial charge is 0.333 e. The van der Waals surface area contributed by atoms with Gasteiger partial charge in [0.2, 0.25) is 11.7 Å². The summed E-state index contributed by atoms with van der Waals surface area (Å²) in [6.45, 7) is 2.28. The second-order valence-corrected chi connectivity index (χ2v) is 4.74. The molecule has 0 saturated carbocycles. The molecule has 0 radical (unpaired) electrons. The van der Waals surface area contributed by atoms with Crippen LogP contribution in [0.5, 0.6) is 0 Å². The minimum absolute atomic E-state index is 0.00616. The average Bonchev–Trinajstić information content (AvgIpc) is 2.66. The van der Waals surface area contributed by atoms with Gasteiger partial charge in [-0.05, 0) is 6.42 Å². The molecule has 20 heavy (non-hydrogen) atoms. The first kappa shape index (κ1) is 15.9. The minimum Gasteiger partial charge on any atom is -0.364 e. The molecule has 1 heterocycles. The van der Waals surface area contributed by atoms with E-state index in [0.29, 0.717) is 24.5 Å². The van der Waals surface area contributed by atoms with Crippen molar-refractivity contribution in [2.75, 3.05) is 26.0 Å². The zero-order valence-electron chi connectivity index (χ0n) is 12.3. The van der Waals surface area contributed by atoms with Crippen LogP contribution in [0.3, 0.4) is 0 Å². The maximum Gasteiger partial charge on any atom is 0.333 e. The van der Waals surface area contributed by atoms with E-state index in [1.165, 1.54) is 9.58 Å². The van der Waals surface area contributed by atoms with Crippen LogP contribution in [0.2, 0.25) is 0 Å². The van der Waals surface area contributed by atoms with Crippen molar-refractivity contribution < 1.29 is 9.72 Å². The highest BCUT2D eigenvalue weighted by Gasteiger charge is 2.25. The van der Waals surface area contributed by atoms with E-state index in [-0.39, 0.29) is 18.0 Å². The van der Waals surface area contributed by atoms with Crippen molar-refractivity contribution in [3.63, 3.8) is 0 Å². The Morgan fingerprint density at radius 1 is 1.50 bits per heavy atom. The van der Waals surface area contributed by atoms with E-state index in [1.807, 2.05) is 6.92 Å². The quantitative estimate of drug-likeness (QED) is 0.599. The Hall–Kier alpha value is -2.12. The number of hydrogen-bond acceptors (Lipinski definition) is 5. The molecule has 1 amide bonds. The fourth-order valence-corrected chi connectivity index (χ4v) is 1.87. The fraction of sp³-hybridized carbons (Fsp3) is 0.667. The highest BCUT2D eigenvalue weighted by Crippen LogP contribution is 2.28. The first-order valence-electron chi connectivity index (χ1n) is 6.52. The summed E-state index contributed by atoms with van der Waals surface area (Å²) in [5.74, 6) is 0.320. The van der Waals surface area contributed by atoms with Crippen molar-refractivity contribution in [2.24, 2.45) is 7.05 Å². The third kappa shape index (κ3) is 3.69. The lowest BCUT2D eigenvalue weighted by Gasteiger charge is -2.10. The number of carbonyl (C=O) groups is 1. The normalized spacial score (nSPS) is 10.4. The molecule has 8 nitrogen and oxygen atoms in total. The van der Waals surface area contributed by atoms with Gasteiger partial charge in [0.25, 0.3) is 0 Å². The van der Waals surface area contributed by atoms with E-state index in [4.69, 9.17) is 0 Å². The second-order valence-electron chi connectivity index (χ2n) is 4.74. The predicted molar refractivity (Wildman–Crippen MR) is 75.7 cm³/mol. The van der Waals surface area contributed by atoms with Gasteiger partial charge in [-0.1, -0.05) is 13.3 Å². The van der Waals surface area contributed by atoms with Crippen molar-refractivity contribution in [2.45, 2.75) is 26.2 Å². The molecule has 0 aliphatic rings. The highest BCUT2D eigenvalue weighted by atomic mass is 16.6. The van der Waals surface area contributed by atoms with Gasteiger partial charge in [0.1, 0.15) is 5.69 Å². The monoisotopic (exact) mass is 283 g/mol. The van der Waals surface area contributed by atoms with Crippen LogP contribution in [-0.4, -0.2) is 46.2 Å². The Balaban J connectivity index is 2.83. The van der Waals surface area contributed by atoms with Crippen LogP contribution in [0.1, 0.15) is 25.5 Å². The summed E-state index contributed by atoms with van der Waals surface area (Å²) in [5, 5.41) is 18.3. The number of aryl methyl sites for hydroxylation is 2. The van der Waals surface area contributed by atoms with Gasteiger partial charge >= 0.3 is 5.69 Å². The molecule has 1 aromatic heterocycles. The molecule has 1 N–H and O–H groups in total. The van der Waals surface area contributed by atoms with Crippen molar-refractivity contribution in [1.29, 1.82) is 0 Å². The average molecular weight is 283 g/mol. The van der Waals surface area contributed by atoms with Crippen LogP contribution in [0.4, 0.5) is 11.5 Å². The van der Waals surface area contributed by atoms with Crippen LogP contribution >= 0.6 is 0 Å². The van der Waals surface area contributed by atoms with Crippen LogP contribution in [0, 0.1) is 10.1 Å². The third-order valence-corrected chi connectivity index (χ3v) is 2.89. The molecule has 1 aromatic rings. The summed E-state index contributed by atoms with van der Waals surface area (Å²) in [5.41, 5.74) is 0.480. The van der Waals surface area contributed by atoms with Gasteiger partial charge in [0.05, 0.1) is 4.92 Å². The lowest BCUT2D eigenvalue weighted by atomic mass is 10.2. The van der Waals surface area contributed by atoms with E-state index in [1.54, 1.807) is 21.1 Å². The first-order chi connectivity index (χ1) is 9.38. The highest BCUT2D eigenvalue weighted by molar-refractivity contribution is 5.76. The number of hydrogen-bond donors (Lipinski definition) is 1. The summed E-state index contributed by atoms with van der Waals surface area (Å²) < 4.78 is 1.46. The van der Waals surface area contributed by atoms with Crippen LogP contribution < -0.4 is 5.32 Å². The third-order valence-electron chi connectivity index (χ3n) is 2.89. The number of rotatable bonds is 7. The van der Waals surface area contributed by atoms with Gasteiger partial charge in [-0.3, -0.25) is 14.9 Å². The molecule has 0 bridgehead atoms. The molecule has 0 aliphatic carbocycles. The van der Waals surface area contributed by atoms with Crippen LogP contribution in [-0.2, 0) is 18.3 Å². The number of nitrogens with one attached hydrogen (secondary N) is 1. The molecule has 0 saturated heterocycles. The Morgan fingerprint density at radius 2 is 2.15 bits per heavy atom. The molecule has 0 unspecified atom stereocenters. The largest absolute Gasteiger partial charge is 0.364 e. The van der Waals surface area contributed by atoms with E-state index >= 15 is 0 Å². The number of nitrogens with zero attached hydrogens (tertiary/aromatic N) is 4. The Morgan fingerprint density at radius 3 is 2.65 bits per heavy atom. The summed E-state index contributed by atoms with van der Waals surface area (Å²) in [6.07, 6.45) is 1.62. The topological polar surface area (TPSA) is 93.3 Å². The summed E-state index contributed by atoms with van der Waals surface area (Å²) in [7, 11) is 5.00. The number of aromatic nitrogens is 2. The van der Waals surface area contributed by atoms with Crippen molar-refractivity contribution in [3.8, 4) is 0 Å². The van der Waals surface area contributed by atoms with Crippen molar-refractivity contribution in [3.05, 3.63) is 15.8 Å². The van der Waals surface area contributed by atoms with Gasteiger partial charge in [-0.15, -0.1) is 0 Å². The maximum absolute atomic E-state index is 11.5. The summed E-state index contributed by atoms with van der Waals surface area (Å²) in [6, 6.07) is 0. The van der Waals surface area contributed by atoms with E-state index in [9.17, 15) is 14.9 Å². The predicted octanol–water partition coefficient (Wildman–Crippen LogP) is 1.17. The number of amides is 1. The molecule has 8 heteroatoms. The molecule has 1 rings (SSSR count). The maximum atomic E-state index is 11.5. The Kier molecular flexibility index (Phi) is 5.48. The van der Waals surface area contributed by atoms with Gasteiger partial charge in [-0.25, -0.2) is 4.68 Å². The van der Waals surface area contributed by atoms with E-state index in [0.717, 1.165) is 6.42 Å². The van der Waals surface area contributed by atoms with Crippen LogP contribution in [0.15, 0.2) is 0 Å². The van der Waals surface area contributed by atoms with Crippen molar-refractivity contribution >= 4 is 17.4 Å². The second kappa shape index (κ2) is 6.88. The SMILES string of the molecule is CCCc1nn(C)c(NCCC(=O)N(C)C)c1[N+](=O)[O-]. The zero-order valence-corrected chi connectivity index (χ0v) is 12.3. The lowest BCUT2D eigenvalue weighted by molar-refractivity contribution is -0.384.